The van der Waals surface area contributed by atoms with Crippen LogP contribution >= 0.6 is 0 Å². The molecule has 2 aliphatic rings. The van der Waals surface area contributed by atoms with Gasteiger partial charge >= 0.3 is 6.09 Å². The molecule has 0 radical (unpaired) electrons. The molecule has 5 nitrogen and oxygen atoms in total. The zero-order chi connectivity index (χ0) is 13.1. The van der Waals surface area contributed by atoms with E-state index in [4.69, 9.17) is 4.74 Å². The molecule has 0 bridgehead atoms. The second-order valence-electron chi connectivity index (χ2n) is 5.69. The van der Waals surface area contributed by atoms with Crippen LogP contribution in [0.4, 0.5) is 4.79 Å². The number of alkyl carbamates (subject to hydrolysis) is 1. The summed E-state index contributed by atoms with van der Waals surface area (Å²) in [5.41, 5.74) is 1.03. The molecule has 0 aliphatic heterocycles. The lowest BCUT2D eigenvalue weighted by Crippen LogP contribution is -2.29. The highest BCUT2D eigenvalue weighted by Crippen LogP contribution is 2.39. The number of carbonyl (C=O) groups excluding carboxylic acids is 1. The molecule has 0 spiro atoms. The molecule has 1 heterocycles. The predicted octanol–water partition coefficient (Wildman–Crippen LogP) is 2.57. The summed E-state index contributed by atoms with van der Waals surface area (Å²) >= 11 is 0. The number of nitrogens with one attached hydrogen (secondary N) is 2. The van der Waals surface area contributed by atoms with Gasteiger partial charge in [-0.25, -0.2) is 9.78 Å². The molecule has 1 aromatic rings. The van der Waals surface area contributed by atoms with Crippen molar-refractivity contribution in [2.75, 3.05) is 6.61 Å². The lowest BCUT2D eigenvalue weighted by atomic mass is 9.90. The second-order valence-corrected chi connectivity index (χ2v) is 5.69. The molecule has 0 aromatic carbocycles. The quantitative estimate of drug-likeness (QED) is 0.877. The number of aromatic nitrogens is 2. The van der Waals surface area contributed by atoms with Crippen molar-refractivity contribution in [3.05, 3.63) is 18.2 Å². The van der Waals surface area contributed by atoms with E-state index >= 15 is 0 Å². The summed E-state index contributed by atoms with van der Waals surface area (Å²) in [6.07, 6.45) is 10.5. The standard InChI is InChI=1S/C14H21N3O2/c18-14(19-8-10-4-2-1-3-5-10)17-12-6-11(12)13-7-15-9-16-13/h7,9-12H,1-6,8H2,(H,15,16)(H,17,18)/t11-,12-/m1/s1. The Labute approximate surface area is 113 Å². The minimum absolute atomic E-state index is 0.196. The van der Waals surface area contributed by atoms with Gasteiger partial charge in [-0.3, -0.25) is 0 Å². The van der Waals surface area contributed by atoms with E-state index in [-0.39, 0.29) is 12.1 Å². The number of imidazole rings is 1. The van der Waals surface area contributed by atoms with Crippen LogP contribution in [0.3, 0.4) is 0 Å². The Morgan fingerprint density at radius 2 is 2.26 bits per heavy atom. The molecule has 2 saturated carbocycles. The number of hydrogen-bond donors (Lipinski definition) is 2. The number of aromatic amines is 1. The highest BCUT2D eigenvalue weighted by Gasteiger charge is 2.41. The number of ether oxygens (including phenoxy) is 1. The van der Waals surface area contributed by atoms with Gasteiger partial charge in [-0.1, -0.05) is 19.3 Å². The maximum absolute atomic E-state index is 11.7. The summed E-state index contributed by atoms with van der Waals surface area (Å²) in [5.74, 6) is 0.925. The Hall–Kier alpha value is -1.52. The highest BCUT2D eigenvalue weighted by molar-refractivity contribution is 5.68. The number of hydrogen-bond acceptors (Lipinski definition) is 3. The van der Waals surface area contributed by atoms with Crippen molar-refractivity contribution < 1.29 is 9.53 Å². The maximum Gasteiger partial charge on any atom is 0.407 e. The third-order valence-electron chi connectivity index (χ3n) is 4.17. The fourth-order valence-electron chi connectivity index (χ4n) is 2.90. The van der Waals surface area contributed by atoms with E-state index in [1.165, 1.54) is 32.1 Å². The Morgan fingerprint density at radius 1 is 1.42 bits per heavy atom. The second kappa shape index (κ2) is 5.63. The van der Waals surface area contributed by atoms with Crippen LogP contribution in [-0.2, 0) is 4.74 Å². The first-order valence-electron chi connectivity index (χ1n) is 7.25. The van der Waals surface area contributed by atoms with Crippen molar-refractivity contribution in [1.82, 2.24) is 15.3 Å². The normalized spacial score (nSPS) is 26.9. The zero-order valence-corrected chi connectivity index (χ0v) is 11.1. The van der Waals surface area contributed by atoms with Gasteiger partial charge < -0.3 is 15.0 Å². The maximum atomic E-state index is 11.7. The smallest absolute Gasteiger partial charge is 0.407 e. The highest BCUT2D eigenvalue weighted by atomic mass is 16.5. The largest absolute Gasteiger partial charge is 0.449 e. The van der Waals surface area contributed by atoms with Crippen LogP contribution in [0.2, 0.25) is 0 Å². The third-order valence-corrected chi connectivity index (χ3v) is 4.17. The average Bonchev–Trinajstić information content (AvgIpc) is 2.99. The number of nitrogens with zero attached hydrogens (tertiary/aromatic N) is 1. The molecule has 2 aliphatic carbocycles. The summed E-state index contributed by atoms with van der Waals surface area (Å²) in [6.45, 7) is 0.575. The monoisotopic (exact) mass is 263 g/mol. The Kier molecular flexibility index (Phi) is 3.71. The molecule has 0 unspecified atom stereocenters. The van der Waals surface area contributed by atoms with Gasteiger partial charge in [0.25, 0.3) is 0 Å². The van der Waals surface area contributed by atoms with Crippen LogP contribution in [0, 0.1) is 5.92 Å². The van der Waals surface area contributed by atoms with E-state index in [0.717, 1.165) is 12.1 Å². The topological polar surface area (TPSA) is 67.0 Å². The number of amides is 1. The van der Waals surface area contributed by atoms with Gasteiger partial charge in [-0.05, 0) is 25.2 Å². The van der Waals surface area contributed by atoms with Gasteiger partial charge in [0.15, 0.2) is 0 Å². The summed E-state index contributed by atoms with van der Waals surface area (Å²) in [4.78, 5) is 18.8. The molecular weight excluding hydrogens is 242 g/mol. The molecule has 104 valence electrons. The summed E-state index contributed by atoms with van der Waals surface area (Å²) in [7, 11) is 0. The van der Waals surface area contributed by atoms with Gasteiger partial charge in [0, 0.05) is 18.2 Å². The van der Waals surface area contributed by atoms with E-state index in [2.05, 4.69) is 15.3 Å². The predicted molar refractivity (Wildman–Crippen MR) is 70.8 cm³/mol. The average molecular weight is 263 g/mol. The van der Waals surface area contributed by atoms with Crippen molar-refractivity contribution in [3.8, 4) is 0 Å². The van der Waals surface area contributed by atoms with E-state index < -0.39 is 0 Å². The SMILES string of the molecule is O=C(N[C@@H]1C[C@H]1c1c[nH]cn1)OCC1CCCCC1. The van der Waals surface area contributed by atoms with Crippen LogP contribution in [0.25, 0.3) is 0 Å². The van der Waals surface area contributed by atoms with Crippen LogP contribution in [0.1, 0.15) is 50.1 Å². The molecule has 0 saturated heterocycles. The number of rotatable bonds is 4. The lowest BCUT2D eigenvalue weighted by molar-refractivity contribution is 0.115. The number of H-pyrrole nitrogens is 1. The van der Waals surface area contributed by atoms with Gasteiger partial charge in [0.05, 0.1) is 18.6 Å². The molecule has 2 atom stereocenters. The molecule has 2 fully saturated rings. The molecule has 1 amide bonds. The Bertz CT molecular complexity index is 412. The Balaban J connectivity index is 1.36. The molecule has 19 heavy (non-hydrogen) atoms. The lowest BCUT2D eigenvalue weighted by Gasteiger charge is -2.21. The molecule has 2 N–H and O–H groups in total. The molecule has 5 heteroatoms. The first kappa shape index (κ1) is 12.5. The van der Waals surface area contributed by atoms with E-state index in [1.54, 1.807) is 6.33 Å². The first-order valence-corrected chi connectivity index (χ1v) is 7.25. The van der Waals surface area contributed by atoms with Crippen molar-refractivity contribution in [2.45, 2.75) is 50.5 Å². The van der Waals surface area contributed by atoms with Gasteiger partial charge in [0.1, 0.15) is 0 Å². The van der Waals surface area contributed by atoms with E-state index in [9.17, 15) is 4.79 Å². The first-order chi connectivity index (χ1) is 9.33. The summed E-state index contributed by atoms with van der Waals surface area (Å²) in [5, 5.41) is 2.92. The number of carbonyl (C=O) groups is 1. The Morgan fingerprint density at radius 3 is 3.00 bits per heavy atom. The third kappa shape index (κ3) is 3.28. The van der Waals surface area contributed by atoms with Crippen LogP contribution in [-0.4, -0.2) is 28.7 Å². The van der Waals surface area contributed by atoms with Crippen molar-refractivity contribution in [2.24, 2.45) is 5.92 Å². The van der Waals surface area contributed by atoms with Crippen molar-refractivity contribution in [3.63, 3.8) is 0 Å². The molecular formula is C14H21N3O2. The van der Waals surface area contributed by atoms with Crippen molar-refractivity contribution >= 4 is 6.09 Å². The summed E-state index contributed by atoms with van der Waals surface area (Å²) < 4.78 is 5.32. The zero-order valence-electron chi connectivity index (χ0n) is 11.1. The van der Waals surface area contributed by atoms with Crippen LogP contribution in [0.5, 0.6) is 0 Å². The van der Waals surface area contributed by atoms with E-state index in [1.807, 2.05) is 6.20 Å². The minimum atomic E-state index is -0.270. The van der Waals surface area contributed by atoms with Gasteiger partial charge in [-0.15, -0.1) is 0 Å². The summed E-state index contributed by atoms with van der Waals surface area (Å²) in [6, 6.07) is 0.196. The van der Waals surface area contributed by atoms with Gasteiger partial charge in [-0.2, -0.15) is 0 Å². The van der Waals surface area contributed by atoms with Crippen molar-refractivity contribution in [1.29, 1.82) is 0 Å². The molecule has 1 aromatic heterocycles. The van der Waals surface area contributed by atoms with Crippen LogP contribution in [0.15, 0.2) is 12.5 Å². The molecule has 3 rings (SSSR count). The minimum Gasteiger partial charge on any atom is -0.449 e. The fraction of sp³-hybridized carbons (Fsp3) is 0.714. The van der Waals surface area contributed by atoms with Crippen LogP contribution < -0.4 is 5.32 Å². The van der Waals surface area contributed by atoms with Gasteiger partial charge in [0.2, 0.25) is 0 Å². The van der Waals surface area contributed by atoms with E-state index in [0.29, 0.717) is 18.4 Å². The fourth-order valence-corrected chi connectivity index (χ4v) is 2.90.